The molecule has 0 spiro atoms. The van der Waals surface area contributed by atoms with E-state index in [-0.39, 0.29) is 13.0 Å². The maximum Gasteiger partial charge on any atom is 0.305 e. The Morgan fingerprint density at radius 3 is 2.94 bits per heavy atom. The molecule has 0 aliphatic carbocycles. The van der Waals surface area contributed by atoms with E-state index in [2.05, 4.69) is 4.90 Å². The van der Waals surface area contributed by atoms with E-state index >= 15 is 0 Å². The van der Waals surface area contributed by atoms with Crippen LogP contribution in [-0.4, -0.2) is 60.0 Å². The van der Waals surface area contributed by atoms with Gasteiger partial charge >= 0.3 is 5.97 Å². The lowest BCUT2D eigenvalue weighted by molar-refractivity contribution is -0.138. The number of hydrogen-bond donors (Lipinski definition) is 2. The Morgan fingerprint density at radius 1 is 1.44 bits per heavy atom. The van der Waals surface area contributed by atoms with Gasteiger partial charge in [0.1, 0.15) is 0 Å². The van der Waals surface area contributed by atoms with Crippen molar-refractivity contribution in [1.29, 1.82) is 0 Å². The minimum absolute atomic E-state index is 0.0724. The highest BCUT2D eigenvalue weighted by Gasteiger charge is 2.22. The van der Waals surface area contributed by atoms with Crippen molar-refractivity contribution < 1.29 is 19.7 Å². The zero-order valence-electron chi connectivity index (χ0n) is 9.60. The number of carbonyl (C=O) groups is 1. The van der Waals surface area contributed by atoms with Crippen molar-refractivity contribution in [2.45, 2.75) is 31.7 Å². The SMILES string of the molecule is O=C(O)CCOCCCN1CCC[C@H]1CO. The molecule has 0 amide bonds. The number of likely N-dealkylation sites (tertiary alicyclic amines) is 1. The van der Waals surface area contributed by atoms with Gasteiger partial charge < -0.3 is 14.9 Å². The molecule has 16 heavy (non-hydrogen) atoms. The third-order valence-electron chi connectivity index (χ3n) is 2.90. The van der Waals surface area contributed by atoms with Crippen molar-refractivity contribution in [3.63, 3.8) is 0 Å². The molecule has 0 bridgehead atoms. The number of aliphatic hydroxyl groups is 1. The highest BCUT2D eigenvalue weighted by Crippen LogP contribution is 2.16. The summed E-state index contributed by atoms with van der Waals surface area (Å²) in [6.07, 6.45) is 3.21. The molecule has 1 saturated heterocycles. The van der Waals surface area contributed by atoms with E-state index in [1.54, 1.807) is 0 Å². The Balaban J connectivity index is 1.96. The van der Waals surface area contributed by atoms with E-state index in [9.17, 15) is 4.79 Å². The van der Waals surface area contributed by atoms with Gasteiger partial charge in [0.2, 0.25) is 0 Å². The van der Waals surface area contributed by atoms with Gasteiger partial charge in [0.15, 0.2) is 0 Å². The number of nitrogens with zero attached hydrogens (tertiary/aromatic N) is 1. The molecular formula is C11H21NO4. The molecule has 1 atom stereocenters. The van der Waals surface area contributed by atoms with Crippen LogP contribution in [0.2, 0.25) is 0 Å². The van der Waals surface area contributed by atoms with E-state index < -0.39 is 5.97 Å². The van der Waals surface area contributed by atoms with Crippen LogP contribution in [0.3, 0.4) is 0 Å². The summed E-state index contributed by atoms with van der Waals surface area (Å²) >= 11 is 0. The fraction of sp³-hybridized carbons (Fsp3) is 0.909. The Labute approximate surface area is 96.0 Å². The molecule has 0 aromatic carbocycles. The molecule has 1 aliphatic rings. The molecule has 0 aromatic rings. The maximum atomic E-state index is 10.2. The first-order valence-electron chi connectivity index (χ1n) is 5.88. The predicted octanol–water partition coefficient (Wildman–Crippen LogP) is 0.324. The minimum atomic E-state index is -0.820. The molecule has 5 nitrogen and oxygen atoms in total. The van der Waals surface area contributed by atoms with Crippen LogP contribution in [0.5, 0.6) is 0 Å². The van der Waals surface area contributed by atoms with Crippen LogP contribution >= 0.6 is 0 Å². The van der Waals surface area contributed by atoms with Crippen molar-refractivity contribution in [3.05, 3.63) is 0 Å². The first kappa shape index (κ1) is 13.4. The Hall–Kier alpha value is -0.650. The topological polar surface area (TPSA) is 70.0 Å². The van der Waals surface area contributed by atoms with Crippen molar-refractivity contribution >= 4 is 5.97 Å². The first-order chi connectivity index (χ1) is 7.74. The van der Waals surface area contributed by atoms with Crippen molar-refractivity contribution in [1.82, 2.24) is 4.90 Å². The maximum absolute atomic E-state index is 10.2. The lowest BCUT2D eigenvalue weighted by atomic mass is 10.2. The van der Waals surface area contributed by atoms with Crippen LogP contribution in [0, 0.1) is 0 Å². The van der Waals surface area contributed by atoms with Crippen LogP contribution in [0.25, 0.3) is 0 Å². The van der Waals surface area contributed by atoms with Gasteiger partial charge in [-0.3, -0.25) is 9.69 Å². The number of carboxylic acids is 1. The summed E-state index contributed by atoms with van der Waals surface area (Å²) in [5.41, 5.74) is 0. The number of hydrogen-bond acceptors (Lipinski definition) is 4. The molecule has 1 rings (SSSR count). The van der Waals surface area contributed by atoms with Gasteiger partial charge in [0.05, 0.1) is 19.6 Å². The highest BCUT2D eigenvalue weighted by molar-refractivity contribution is 5.66. The lowest BCUT2D eigenvalue weighted by Gasteiger charge is -2.22. The molecule has 0 unspecified atom stereocenters. The lowest BCUT2D eigenvalue weighted by Crippen LogP contribution is -2.33. The van der Waals surface area contributed by atoms with Gasteiger partial charge in [-0.05, 0) is 25.8 Å². The number of carboxylic acid groups (broad SMARTS) is 1. The third kappa shape index (κ3) is 4.92. The van der Waals surface area contributed by atoms with Crippen LogP contribution in [0.1, 0.15) is 25.7 Å². The second-order valence-corrected chi connectivity index (χ2v) is 4.12. The zero-order chi connectivity index (χ0) is 11.8. The van der Waals surface area contributed by atoms with Crippen molar-refractivity contribution in [3.8, 4) is 0 Å². The number of ether oxygens (including phenoxy) is 1. The molecule has 0 saturated carbocycles. The molecule has 5 heteroatoms. The highest BCUT2D eigenvalue weighted by atomic mass is 16.5. The third-order valence-corrected chi connectivity index (χ3v) is 2.90. The fourth-order valence-electron chi connectivity index (χ4n) is 2.03. The van der Waals surface area contributed by atoms with Gasteiger partial charge in [-0.1, -0.05) is 0 Å². The number of rotatable bonds is 8. The average Bonchev–Trinajstić information content (AvgIpc) is 2.70. The molecule has 0 radical (unpaired) electrons. The molecule has 2 N–H and O–H groups in total. The van der Waals surface area contributed by atoms with E-state index in [1.807, 2.05) is 0 Å². The van der Waals surface area contributed by atoms with Crippen LogP contribution < -0.4 is 0 Å². The standard InChI is InChI=1S/C11H21NO4/c13-9-10-3-1-5-12(10)6-2-7-16-8-4-11(14)15/h10,13H,1-9H2,(H,14,15)/t10-/m0/s1. The van der Waals surface area contributed by atoms with E-state index in [0.717, 1.165) is 32.4 Å². The monoisotopic (exact) mass is 231 g/mol. The average molecular weight is 231 g/mol. The molecule has 0 aromatic heterocycles. The Morgan fingerprint density at radius 2 is 2.25 bits per heavy atom. The van der Waals surface area contributed by atoms with Crippen molar-refractivity contribution in [2.75, 3.05) is 32.9 Å². The van der Waals surface area contributed by atoms with E-state index in [1.165, 1.54) is 0 Å². The Kier molecular flexibility index (Phi) is 6.37. The Bertz CT molecular complexity index is 210. The van der Waals surface area contributed by atoms with Gasteiger partial charge in [-0.25, -0.2) is 0 Å². The summed E-state index contributed by atoms with van der Waals surface area (Å²) in [7, 11) is 0. The van der Waals surface area contributed by atoms with Crippen LogP contribution in [0.4, 0.5) is 0 Å². The van der Waals surface area contributed by atoms with Crippen LogP contribution in [-0.2, 0) is 9.53 Å². The molecule has 1 heterocycles. The second-order valence-electron chi connectivity index (χ2n) is 4.12. The molecule has 94 valence electrons. The largest absolute Gasteiger partial charge is 0.481 e. The summed E-state index contributed by atoms with van der Waals surface area (Å²) in [6, 6.07) is 0.319. The normalized spacial score (nSPS) is 21.4. The smallest absolute Gasteiger partial charge is 0.305 e. The van der Waals surface area contributed by atoms with Gasteiger partial charge in [0.25, 0.3) is 0 Å². The summed E-state index contributed by atoms with van der Waals surface area (Å²) in [6.45, 7) is 3.11. The van der Waals surface area contributed by atoms with Crippen LogP contribution in [0.15, 0.2) is 0 Å². The summed E-state index contributed by atoms with van der Waals surface area (Å²) < 4.78 is 5.20. The molecule has 1 fully saturated rings. The molecule has 1 aliphatic heterocycles. The summed E-state index contributed by atoms with van der Waals surface area (Å²) in [4.78, 5) is 12.5. The van der Waals surface area contributed by atoms with Crippen molar-refractivity contribution in [2.24, 2.45) is 0 Å². The first-order valence-corrected chi connectivity index (χ1v) is 5.88. The van der Waals surface area contributed by atoms with Gasteiger partial charge in [-0.15, -0.1) is 0 Å². The van der Waals surface area contributed by atoms with Gasteiger partial charge in [-0.2, -0.15) is 0 Å². The minimum Gasteiger partial charge on any atom is -0.481 e. The predicted molar refractivity (Wildman–Crippen MR) is 59.4 cm³/mol. The van der Waals surface area contributed by atoms with Gasteiger partial charge in [0, 0.05) is 19.2 Å². The van der Waals surface area contributed by atoms with E-state index in [4.69, 9.17) is 14.9 Å². The second kappa shape index (κ2) is 7.60. The zero-order valence-corrected chi connectivity index (χ0v) is 9.60. The quantitative estimate of drug-likeness (QED) is 0.589. The summed E-state index contributed by atoms with van der Waals surface area (Å²) in [5, 5.41) is 17.5. The summed E-state index contributed by atoms with van der Waals surface area (Å²) in [5.74, 6) is -0.820. The fourth-order valence-corrected chi connectivity index (χ4v) is 2.03. The number of aliphatic carboxylic acids is 1. The number of aliphatic hydroxyl groups excluding tert-OH is 1. The van der Waals surface area contributed by atoms with E-state index in [0.29, 0.717) is 19.3 Å². The molecular weight excluding hydrogens is 210 g/mol.